The average molecular weight is 337 g/mol. The molecule has 0 saturated heterocycles. The molecule has 1 rings (SSSR count). The zero-order chi connectivity index (χ0) is 11.8. The van der Waals surface area contributed by atoms with Gasteiger partial charge in [0.05, 0.1) is 3.57 Å². The Kier molecular flexibility index (Phi) is 3.54. The molecule has 7 heteroatoms. The minimum atomic E-state index is -4.72. The van der Waals surface area contributed by atoms with Crippen molar-refractivity contribution >= 4 is 22.6 Å². The first kappa shape index (κ1) is 12.6. The third kappa shape index (κ3) is 2.77. The Bertz CT molecular complexity index is 353. The summed E-state index contributed by atoms with van der Waals surface area (Å²) in [6.45, 7) is 0. The SMILES string of the molecule is N[C@H](c1cc(F)c(I)c(F)c1)C(F)(F)F. The molecular weight excluding hydrogens is 332 g/mol. The summed E-state index contributed by atoms with van der Waals surface area (Å²) in [5.41, 5.74) is 4.17. The van der Waals surface area contributed by atoms with E-state index in [1.807, 2.05) is 0 Å². The summed E-state index contributed by atoms with van der Waals surface area (Å²) in [4.78, 5) is 0. The van der Waals surface area contributed by atoms with Gasteiger partial charge in [-0.15, -0.1) is 0 Å². The van der Waals surface area contributed by atoms with Gasteiger partial charge in [0.15, 0.2) is 0 Å². The first-order valence-electron chi connectivity index (χ1n) is 3.70. The highest BCUT2D eigenvalue weighted by Gasteiger charge is 2.38. The van der Waals surface area contributed by atoms with E-state index >= 15 is 0 Å². The predicted molar refractivity (Wildman–Crippen MR) is 52.1 cm³/mol. The number of rotatable bonds is 1. The predicted octanol–water partition coefficient (Wildman–Crippen LogP) is 3.13. The van der Waals surface area contributed by atoms with E-state index in [-0.39, 0.29) is 3.57 Å². The van der Waals surface area contributed by atoms with Gasteiger partial charge in [-0.2, -0.15) is 13.2 Å². The largest absolute Gasteiger partial charge is 0.407 e. The van der Waals surface area contributed by atoms with Crippen molar-refractivity contribution in [1.29, 1.82) is 0 Å². The van der Waals surface area contributed by atoms with Crippen molar-refractivity contribution < 1.29 is 22.0 Å². The van der Waals surface area contributed by atoms with Crippen LogP contribution in [0.3, 0.4) is 0 Å². The van der Waals surface area contributed by atoms with Gasteiger partial charge in [-0.3, -0.25) is 0 Å². The summed E-state index contributed by atoms with van der Waals surface area (Å²) in [6, 6.07) is -1.20. The van der Waals surface area contributed by atoms with E-state index < -0.39 is 29.4 Å². The third-order valence-corrected chi connectivity index (χ3v) is 2.75. The van der Waals surface area contributed by atoms with Crippen LogP contribution in [0.4, 0.5) is 22.0 Å². The number of hydrogen-bond acceptors (Lipinski definition) is 1. The normalized spacial score (nSPS) is 14.1. The van der Waals surface area contributed by atoms with Crippen LogP contribution in [-0.2, 0) is 0 Å². The zero-order valence-corrected chi connectivity index (χ0v) is 9.23. The van der Waals surface area contributed by atoms with E-state index in [0.29, 0.717) is 12.1 Å². The minimum absolute atomic E-state index is 0.356. The Labute approximate surface area is 95.6 Å². The van der Waals surface area contributed by atoms with Crippen LogP contribution in [0.1, 0.15) is 11.6 Å². The molecule has 0 aliphatic rings. The molecule has 0 saturated carbocycles. The maximum Gasteiger partial charge on any atom is 0.407 e. The summed E-state index contributed by atoms with van der Waals surface area (Å²) < 4.78 is 61.9. The van der Waals surface area contributed by atoms with Crippen LogP contribution in [0.5, 0.6) is 0 Å². The van der Waals surface area contributed by atoms with Crippen molar-refractivity contribution in [2.24, 2.45) is 5.73 Å². The van der Waals surface area contributed by atoms with Gasteiger partial charge in [0.1, 0.15) is 17.7 Å². The Morgan fingerprint density at radius 3 is 1.87 bits per heavy atom. The molecule has 15 heavy (non-hydrogen) atoms. The van der Waals surface area contributed by atoms with Crippen molar-refractivity contribution in [1.82, 2.24) is 0 Å². The second-order valence-electron chi connectivity index (χ2n) is 2.82. The van der Waals surface area contributed by atoms with Crippen LogP contribution < -0.4 is 5.73 Å². The molecule has 1 nitrogen and oxygen atoms in total. The highest BCUT2D eigenvalue weighted by molar-refractivity contribution is 14.1. The number of halogens is 6. The number of alkyl halides is 3. The highest BCUT2D eigenvalue weighted by atomic mass is 127. The summed E-state index contributed by atoms with van der Waals surface area (Å²) in [5.74, 6) is -2.10. The highest BCUT2D eigenvalue weighted by Crippen LogP contribution is 2.32. The van der Waals surface area contributed by atoms with Gasteiger partial charge < -0.3 is 5.73 Å². The van der Waals surface area contributed by atoms with Crippen molar-refractivity contribution in [3.63, 3.8) is 0 Å². The second-order valence-corrected chi connectivity index (χ2v) is 3.90. The molecule has 0 spiro atoms. The number of nitrogens with two attached hydrogens (primary N) is 1. The summed E-state index contributed by atoms with van der Waals surface area (Å²) in [7, 11) is 0. The van der Waals surface area contributed by atoms with Crippen LogP contribution in [0, 0.1) is 15.2 Å². The molecule has 0 amide bonds. The van der Waals surface area contributed by atoms with Gasteiger partial charge in [0.25, 0.3) is 0 Å². The Hall–Kier alpha value is -0.440. The molecule has 0 fully saturated rings. The first-order valence-corrected chi connectivity index (χ1v) is 4.78. The standard InChI is InChI=1S/C8H5F5IN/c9-4-1-3(2-5(10)6(4)14)7(15)8(11,12)13/h1-2,7H,15H2/t7-/m1/s1. The summed E-state index contributed by atoms with van der Waals surface area (Å²) in [6.07, 6.45) is -4.72. The van der Waals surface area contributed by atoms with Crippen molar-refractivity contribution in [2.75, 3.05) is 0 Å². The molecule has 1 aromatic rings. The fourth-order valence-corrected chi connectivity index (χ4v) is 1.26. The van der Waals surface area contributed by atoms with E-state index in [0.717, 1.165) is 0 Å². The van der Waals surface area contributed by atoms with Gasteiger partial charge in [-0.1, -0.05) is 0 Å². The zero-order valence-electron chi connectivity index (χ0n) is 7.08. The van der Waals surface area contributed by atoms with Crippen LogP contribution in [0.2, 0.25) is 0 Å². The smallest absolute Gasteiger partial charge is 0.316 e. The Balaban J connectivity index is 3.17. The van der Waals surface area contributed by atoms with Gasteiger partial charge in [0, 0.05) is 0 Å². The first-order chi connectivity index (χ1) is 6.73. The lowest BCUT2D eigenvalue weighted by Crippen LogP contribution is -2.28. The van der Waals surface area contributed by atoms with Crippen molar-refractivity contribution in [3.8, 4) is 0 Å². The molecular formula is C8H5F5IN. The fourth-order valence-electron chi connectivity index (χ4n) is 0.944. The van der Waals surface area contributed by atoms with Crippen molar-refractivity contribution in [3.05, 3.63) is 32.9 Å². The Morgan fingerprint density at radius 1 is 1.13 bits per heavy atom. The average Bonchev–Trinajstić information content (AvgIpc) is 2.10. The monoisotopic (exact) mass is 337 g/mol. The molecule has 1 aromatic carbocycles. The van der Waals surface area contributed by atoms with Crippen molar-refractivity contribution in [2.45, 2.75) is 12.2 Å². The molecule has 0 aliphatic carbocycles. The Morgan fingerprint density at radius 2 is 1.53 bits per heavy atom. The molecule has 0 radical (unpaired) electrons. The summed E-state index contributed by atoms with van der Waals surface area (Å²) in [5, 5.41) is 0. The van der Waals surface area contributed by atoms with Gasteiger partial charge >= 0.3 is 6.18 Å². The molecule has 2 N–H and O–H groups in total. The third-order valence-electron chi connectivity index (χ3n) is 1.72. The van der Waals surface area contributed by atoms with Crippen LogP contribution in [-0.4, -0.2) is 6.18 Å². The van der Waals surface area contributed by atoms with Gasteiger partial charge in [-0.05, 0) is 40.3 Å². The topological polar surface area (TPSA) is 26.0 Å². The number of benzene rings is 1. The maximum absolute atomic E-state index is 12.9. The summed E-state index contributed by atoms with van der Waals surface area (Å²) >= 11 is 1.36. The lowest BCUT2D eigenvalue weighted by Gasteiger charge is -2.16. The molecule has 0 aromatic heterocycles. The van der Waals surface area contributed by atoms with E-state index in [2.05, 4.69) is 0 Å². The van der Waals surface area contributed by atoms with Gasteiger partial charge in [0.2, 0.25) is 0 Å². The van der Waals surface area contributed by atoms with Crippen LogP contribution in [0.15, 0.2) is 12.1 Å². The minimum Gasteiger partial charge on any atom is -0.316 e. The lowest BCUT2D eigenvalue weighted by atomic mass is 10.1. The molecule has 1 atom stereocenters. The molecule has 84 valence electrons. The van der Waals surface area contributed by atoms with Gasteiger partial charge in [-0.25, -0.2) is 8.78 Å². The number of hydrogen-bond donors (Lipinski definition) is 1. The molecule has 0 heterocycles. The maximum atomic E-state index is 12.9. The molecule has 0 unspecified atom stereocenters. The quantitative estimate of drug-likeness (QED) is 0.476. The lowest BCUT2D eigenvalue weighted by molar-refractivity contribution is -0.149. The van der Waals surface area contributed by atoms with E-state index in [4.69, 9.17) is 5.73 Å². The fraction of sp³-hybridized carbons (Fsp3) is 0.250. The van der Waals surface area contributed by atoms with E-state index in [1.165, 1.54) is 22.6 Å². The second kappa shape index (κ2) is 4.20. The van der Waals surface area contributed by atoms with E-state index in [9.17, 15) is 22.0 Å². The molecule has 0 aliphatic heterocycles. The molecule has 0 bridgehead atoms. The van der Waals surface area contributed by atoms with Crippen LogP contribution in [0.25, 0.3) is 0 Å². The van der Waals surface area contributed by atoms with Crippen LogP contribution >= 0.6 is 22.6 Å². The van der Waals surface area contributed by atoms with E-state index in [1.54, 1.807) is 0 Å².